The third-order valence-electron chi connectivity index (χ3n) is 1.64. The van der Waals surface area contributed by atoms with Gasteiger partial charge in [0.1, 0.15) is 0 Å². The van der Waals surface area contributed by atoms with Crippen molar-refractivity contribution in [3.8, 4) is 0 Å². The number of hydrogen-bond acceptors (Lipinski definition) is 2. The summed E-state index contributed by atoms with van der Waals surface area (Å²) in [6.45, 7) is 3.81. The van der Waals surface area contributed by atoms with Crippen LogP contribution in [0.2, 0.25) is 5.02 Å². The van der Waals surface area contributed by atoms with Gasteiger partial charge in [0.05, 0.1) is 0 Å². The Hall–Kier alpha value is -0.730. The highest BCUT2D eigenvalue weighted by Crippen LogP contribution is 2.18. The lowest BCUT2D eigenvalue weighted by Gasteiger charge is -2.04. The standard InChI is InChI=1S/C9H13ClN2/c1-2-12-6-7-3-4-8(11)5-9(7)10/h3-5,12H,2,6,11H2,1H3. The average Bonchev–Trinajstić information content (AvgIpc) is 2.03. The molecule has 0 aliphatic carbocycles. The predicted octanol–water partition coefficient (Wildman–Crippen LogP) is 2.03. The molecule has 3 N–H and O–H groups in total. The molecule has 2 nitrogen and oxygen atoms in total. The summed E-state index contributed by atoms with van der Waals surface area (Å²) in [6.07, 6.45) is 0. The SMILES string of the molecule is CCNCc1ccc(N)cc1Cl. The Labute approximate surface area is 77.7 Å². The molecule has 0 fully saturated rings. The van der Waals surface area contributed by atoms with Gasteiger partial charge < -0.3 is 11.1 Å². The van der Waals surface area contributed by atoms with Gasteiger partial charge in [-0.3, -0.25) is 0 Å². The van der Waals surface area contributed by atoms with Crippen molar-refractivity contribution in [2.24, 2.45) is 0 Å². The van der Waals surface area contributed by atoms with E-state index in [1.165, 1.54) is 0 Å². The highest BCUT2D eigenvalue weighted by atomic mass is 35.5. The molecule has 0 saturated heterocycles. The van der Waals surface area contributed by atoms with Crippen molar-refractivity contribution in [2.45, 2.75) is 13.5 Å². The molecule has 0 amide bonds. The number of anilines is 1. The zero-order valence-electron chi connectivity index (χ0n) is 7.10. The van der Waals surface area contributed by atoms with E-state index in [0.717, 1.165) is 23.7 Å². The van der Waals surface area contributed by atoms with Crippen molar-refractivity contribution in [3.05, 3.63) is 28.8 Å². The van der Waals surface area contributed by atoms with Crippen molar-refractivity contribution in [2.75, 3.05) is 12.3 Å². The molecule has 0 bridgehead atoms. The van der Waals surface area contributed by atoms with Gasteiger partial charge in [-0.1, -0.05) is 24.6 Å². The summed E-state index contributed by atoms with van der Waals surface area (Å²) >= 11 is 5.95. The highest BCUT2D eigenvalue weighted by Gasteiger charge is 1.98. The fourth-order valence-corrected chi connectivity index (χ4v) is 1.22. The summed E-state index contributed by atoms with van der Waals surface area (Å²) in [6, 6.07) is 5.58. The molecule has 3 heteroatoms. The zero-order valence-corrected chi connectivity index (χ0v) is 7.86. The number of rotatable bonds is 3. The van der Waals surface area contributed by atoms with Crippen LogP contribution in [0.1, 0.15) is 12.5 Å². The van der Waals surface area contributed by atoms with Crippen LogP contribution in [0.15, 0.2) is 18.2 Å². The van der Waals surface area contributed by atoms with Crippen molar-refractivity contribution < 1.29 is 0 Å². The molecule has 0 atom stereocenters. The largest absolute Gasteiger partial charge is 0.399 e. The molecular formula is C9H13ClN2. The van der Waals surface area contributed by atoms with Gasteiger partial charge in [0.15, 0.2) is 0 Å². The van der Waals surface area contributed by atoms with E-state index < -0.39 is 0 Å². The van der Waals surface area contributed by atoms with Crippen molar-refractivity contribution >= 4 is 17.3 Å². The minimum absolute atomic E-state index is 0.709. The first kappa shape index (κ1) is 9.36. The highest BCUT2D eigenvalue weighted by molar-refractivity contribution is 6.31. The molecule has 0 spiro atoms. The van der Waals surface area contributed by atoms with E-state index in [1.54, 1.807) is 6.07 Å². The second-order valence-corrected chi connectivity index (χ2v) is 3.04. The molecule has 0 aliphatic heterocycles. The molecule has 0 unspecified atom stereocenters. The molecule has 12 heavy (non-hydrogen) atoms. The molecule has 0 heterocycles. The Kier molecular flexibility index (Phi) is 3.38. The Morgan fingerprint density at radius 3 is 2.83 bits per heavy atom. The normalized spacial score (nSPS) is 10.2. The van der Waals surface area contributed by atoms with Gasteiger partial charge in [0.25, 0.3) is 0 Å². The smallest absolute Gasteiger partial charge is 0.0471 e. The third-order valence-corrected chi connectivity index (χ3v) is 1.99. The predicted molar refractivity (Wildman–Crippen MR) is 53.2 cm³/mol. The van der Waals surface area contributed by atoms with Gasteiger partial charge in [0.2, 0.25) is 0 Å². The molecule has 0 saturated carbocycles. The summed E-state index contributed by atoms with van der Waals surface area (Å²) in [4.78, 5) is 0. The first-order chi connectivity index (χ1) is 5.74. The van der Waals surface area contributed by atoms with Crippen LogP contribution in [0.25, 0.3) is 0 Å². The number of nitrogens with two attached hydrogens (primary N) is 1. The summed E-state index contributed by atoms with van der Waals surface area (Å²) in [5.41, 5.74) is 7.35. The topological polar surface area (TPSA) is 38.0 Å². The lowest BCUT2D eigenvalue weighted by molar-refractivity contribution is 0.727. The lowest BCUT2D eigenvalue weighted by atomic mass is 10.2. The molecule has 0 radical (unpaired) electrons. The van der Waals surface area contributed by atoms with Crippen LogP contribution in [0, 0.1) is 0 Å². The first-order valence-corrected chi connectivity index (χ1v) is 4.36. The maximum Gasteiger partial charge on any atom is 0.0471 e. The summed E-state index contributed by atoms with van der Waals surface area (Å²) in [5, 5.41) is 3.93. The van der Waals surface area contributed by atoms with Gasteiger partial charge in [-0.15, -0.1) is 0 Å². The summed E-state index contributed by atoms with van der Waals surface area (Å²) in [7, 11) is 0. The van der Waals surface area contributed by atoms with Crippen LogP contribution in [0.4, 0.5) is 5.69 Å². The number of nitrogens with one attached hydrogen (secondary N) is 1. The van der Waals surface area contributed by atoms with Gasteiger partial charge >= 0.3 is 0 Å². The van der Waals surface area contributed by atoms with E-state index in [9.17, 15) is 0 Å². The fourth-order valence-electron chi connectivity index (χ4n) is 0.967. The van der Waals surface area contributed by atoms with Crippen molar-refractivity contribution in [1.82, 2.24) is 5.32 Å². The minimum Gasteiger partial charge on any atom is -0.399 e. The van der Waals surface area contributed by atoms with Crippen molar-refractivity contribution in [3.63, 3.8) is 0 Å². The molecule has 1 aromatic rings. The first-order valence-electron chi connectivity index (χ1n) is 3.98. The van der Waals surface area contributed by atoms with Gasteiger partial charge in [0, 0.05) is 17.3 Å². The van der Waals surface area contributed by atoms with E-state index in [1.807, 2.05) is 12.1 Å². The molecule has 0 aliphatic rings. The van der Waals surface area contributed by atoms with E-state index in [4.69, 9.17) is 17.3 Å². The molecule has 0 aromatic heterocycles. The van der Waals surface area contributed by atoms with Crippen LogP contribution in [0.3, 0.4) is 0 Å². The van der Waals surface area contributed by atoms with E-state index in [0.29, 0.717) is 5.69 Å². The van der Waals surface area contributed by atoms with Gasteiger partial charge in [-0.25, -0.2) is 0 Å². The molecule has 1 rings (SSSR count). The van der Waals surface area contributed by atoms with E-state index in [-0.39, 0.29) is 0 Å². The van der Waals surface area contributed by atoms with Crippen LogP contribution in [0.5, 0.6) is 0 Å². The number of benzene rings is 1. The monoisotopic (exact) mass is 184 g/mol. The summed E-state index contributed by atoms with van der Waals surface area (Å²) < 4.78 is 0. The number of halogens is 1. The fraction of sp³-hybridized carbons (Fsp3) is 0.333. The second kappa shape index (κ2) is 4.33. The zero-order chi connectivity index (χ0) is 8.97. The van der Waals surface area contributed by atoms with Crippen LogP contribution >= 0.6 is 11.6 Å². The van der Waals surface area contributed by atoms with Crippen LogP contribution < -0.4 is 11.1 Å². The van der Waals surface area contributed by atoms with E-state index >= 15 is 0 Å². The van der Waals surface area contributed by atoms with Crippen LogP contribution in [-0.4, -0.2) is 6.54 Å². The third kappa shape index (κ3) is 2.40. The lowest BCUT2D eigenvalue weighted by Crippen LogP contribution is -2.11. The number of nitrogen functional groups attached to an aromatic ring is 1. The maximum absolute atomic E-state index is 5.95. The molecule has 1 aromatic carbocycles. The van der Waals surface area contributed by atoms with E-state index in [2.05, 4.69) is 12.2 Å². The Balaban J connectivity index is 2.72. The average molecular weight is 185 g/mol. The van der Waals surface area contributed by atoms with Gasteiger partial charge in [-0.05, 0) is 24.2 Å². The van der Waals surface area contributed by atoms with Gasteiger partial charge in [-0.2, -0.15) is 0 Å². The Morgan fingerprint density at radius 2 is 2.25 bits per heavy atom. The maximum atomic E-state index is 5.95. The quantitative estimate of drug-likeness (QED) is 0.706. The minimum atomic E-state index is 0.709. The van der Waals surface area contributed by atoms with Crippen molar-refractivity contribution in [1.29, 1.82) is 0 Å². The number of hydrogen-bond donors (Lipinski definition) is 2. The Bertz CT molecular complexity index is 261. The van der Waals surface area contributed by atoms with Crippen LogP contribution in [-0.2, 0) is 6.54 Å². The molecule has 66 valence electrons. The second-order valence-electron chi connectivity index (χ2n) is 2.63. The Morgan fingerprint density at radius 1 is 1.50 bits per heavy atom. The molecular weight excluding hydrogens is 172 g/mol. The summed E-state index contributed by atoms with van der Waals surface area (Å²) in [5.74, 6) is 0.